The van der Waals surface area contributed by atoms with E-state index in [9.17, 15) is 4.79 Å². The van der Waals surface area contributed by atoms with Crippen LogP contribution in [0.4, 0.5) is 0 Å². The fourth-order valence-electron chi connectivity index (χ4n) is 4.03. The van der Waals surface area contributed by atoms with Crippen molar-refractivity contribution in [2.75, 3.05) is 0 Å². The number of carbonyl (C=O) groups is 1. The molecule has 3 aromatic carbocycles. The van der Waals surface area contributed by atoms with Crippen molar-refractivity contribution in [3.63, 3.8) is 0 Å². The highest BCUT2D eigenvalue weighted by Crippen LogP contribution is 2.41. The molecule has 1 atom stereocenters. The fourth-order valence-corrected chi connectivity index (χ4v) is 4.15. The molecule has 1 aliphatic heterocycles. The fraction of sp³-hybridized carbons (Fsp3) is 0.296. The predicted octanol–water partition coefficient (Wildman–Crippen LogP) is 6.56. The Bertz CT molecular complexity index is 1120. The molecule has 1 aliphatic rings. The zero-order valence-electron chi connectivity index (χ0n) is 18.5. The molecular formula is C27H27ClO4. The molecule has 166 valence electrons. The SMILES string of the molecule is CC(Cc1ccc(OCc2cc(-c3ccc(Cl)cc3)cc3c2OC(C)(C)C3)cc1)C(=O)O. The van der Waals surface area contributed by atoms with Crippen molar-refractivity contribution in [2.45, 2.75) is 45.8 Å². The largest absolute Gasteiger partial charge is 0.489 e. The average molecular weight is 451 g/mol. The third-order valence-electron chi connectivity index (χ3n) is 5.70. The number of ether oxygens (including phenoxy) is 2. The molecule has 1 heterocycles. The third-order valence-corrected chi connectivity index (χ3v) is 5.95. The standard InChI is InChI=1S/C27H27ClO4/c1-17(26(29)30)12-18-4-10-24(11-5-18)31-16-22-14-20(19-6-8-23(28)9-7-19)13-21-15-27(2,3)32-25(21)22/h4-11,13-14,17H,12,15-16H2,1-3H3,(H,29,30). The summed E-state index contributed by atoms with van der Waals surface area (Å²) < 4.78 is 12.3. The second-order valence-electron chi connectivity index (χ2n) is 9.05. The number of aliphatic carboxylic acids is 1. The number of carboxylic acid groups (broad SMARTS) is 1. The van der Waals surface area contributed by atoms with Gasteiger partial charge in [-0.25, -0.2) is 0 Å². The van der Waals surface area contributed by atoms with Gasteiger partial charge in [-0.2, -0.15) is 0 Å². The second kappa shape index (κ2) is 8.87. The first-order valence-electron chi connectivity index (χ1n) is 10.8. The van der Waals surface area contributed by atoms with Crippen LogP contribution in [0.25, 0.3) is 11.1 Å². The van der Waals surface area contributed by atoms with Crippen molar-refractivity contribution < 1.29 is 19.4 Å². The van der Waals surface area contributed by atoms with Crippen LogP contribution in [0.2, 0.25) is 5.02 Å². The lowest BCUT2D eigenvalue weighted by Gasteiger charge is -2.18. The maximum atomic E-state index is 11.1. The Kier molecular flexibility index (Phi) is 6.16. The van der Waals surface area contributed by atoms with Gasteiger partial charge in [-0.3, -0.25) is 4.79 Å². The summed E-state index contributed by atoms with van der Waals surface area (Å²) in [6.07, 6.45) is 1.34. The molecule has 0 saturated heterocycles. The molecule has 0 spiro atoms. The van der Waals surface area contributed by atoms with Crippen LogP contribution in [0, 0.1) is 5.92 Å². The first-order chi connectivity index (χ1) is 15.2. The monoisotopic (exact) mass is 450 g/mol. The average Bonchev–Trinajstić information content (AvgIpc) is 3.07. The van der Waals surface area contributed by atoms with Gasteiger partial charge in [-0.1, -0.05) is 42.8 Å². The van der Waals surface area contributed by atoms with Gasteiger partial charge >= 0.3 is 5.97 Å². The zero-order chi connectivity index (χ0) is 22.9. The molecule has 0 amide bonds. The van der Waals surface area contributed by atoms with Crippen molar-refractivity contribution in [1.82, 2.24) is 0 Å². The first-order valence-corrected chi connectivity index (χ1v) is 11.1. The van der Waals surface area contributed by atoms with Crippen LogP contribution in [-0.4, -0.2) is 16.7 Å². The third kappa shape index (κ3) is 5.08. The summed E-state index contributed by atoms with van der Waals surface area (Å²) in [5.74, 6) is 0.433. The van der Waals surface area contributed by atoms with E-state index in [2.05, 4.69) is 26.0 Å². The second-order valence-corrected chi connectivity index (χ2v) is 9.48. The van der Waals surface area contributed by atoms with E-state index in [4.69, 9.17) is 26.2 Å². The van der Waals surface area contributed by atoms with E-state index >= 15 is 0 Å². The maximum absolute atomic E-state index is 11.1. The molecule has 5 heteroatoms. The van der Waals surface area contributed by atoms with Crippen LogP contribution in [0.15, 0.2) is 60.7 Å². The maximum Gasteiger partial charge on any atom is 0.306 e. The minimum Gasteiger partial charge on any atom is -0.489 e. The van der Waals surface area contributed by atoms with E-state index in [0.717, 1.165) is 40.2 Å². The number of hydrogen-bond donors (Lipinski definition) is 1. The molecular weight excluding hydrogens is 424 g/mol. The Morgan fingerprint density at radius 3 is 2.44 bits per heavy atom. The van der Waals surface area contributed by atoms with Gasteiger partial charge in [0, 0.05) is 17.0 Å². The summed E-state index contributed by atoms with van der Waals surface area (Å²) in [6.45, 7) is 6.28. The minimum atomic E-state index is -0.789. The molecule has 4 rings (SSSR count). The zero-order valence-corrected chi connectivity index (χ0v) is 19.3. The summed E-state index contributed by atoms with van der Waals surface area (Å²) in [7, 11) is 0. The van der Waals surface area contributed by atoms with Gasteiger partial charge in [0.05, 0.1) is 5.92 Å². The molecule has 0 aliphatic carbocycles. The Labute approximate surface area is 193 Å². The van der Waals surface area contributed by atoms with Gasteiger partial charge < -0.3 is 14.6 Å². The number of fused-ring (bicyclic) bond motifs is 1. The van der Waals surface area contributed by atoms with E-state index in [-0.39, 0.29) is 5.60 Å². The van der Waals surface area contributed by atoms with Gasteiger partial charge in [0.1, 0.15) is 23.7 Å². The van der Waals surface area contributed by atoms with Crippen LogP contribution >= 0.6 is 11.6 Å². The highest BCUT2D eigenvalue weighted by atomic mass is 35.5. The van der Waals surface area contributed by atoms with E-state index in [0.29, 0.717) is 18.1 Å². The summed E-state index contributed by atoms with van der Waals surface area (Å²) >= 11 is 6.06. The van der Waals surface area contributed by atoms with Crippen LogP contribution in [0.3, 0.4) is 0 Å². The normalized spacial score (nSPS) is 15.0. The molecule has 32 heavy (non-hydrogen) atoms. The molecule has 3 aromatic rings. The van der Waals surface area contributed by atoms with Crippen molar-refractivity contribution in [1.29, 1.82) is 0 Å². The molecule has 0 fully saturated rings. The molecule has 0 radical (unpaired) electrons. The van der Waals surface area contributed by atoms with Crippen molar-refractivity contribution in [2.24, 2.45) is 5.92 Å². The lowest BCUT2D eigenvalue weighted by Crippen LogP contribution is -2.25. The highest BCUT2D eigenvalue weighted by molar-refractivity contribution is 6.30. The Morgan fingerprint density at radius 1 is 1.09 bits per heavy atom. The van der Waals surface area contributed by atoms with Crippen molar-refractivity contribution >= 4 is 17.6 Å². The predicted molar refractivity (Wildman–Crippen MR) is 127 cm³/mol. The Balaban J connectivity index is 1.55. The Morgan fingerprint density at radius 2 is 1.78 bits per heavy atom. The van der Waals surface area contributed by atoms with Crippen molar-refractivity contribution in [3.8, 4) is 22.6 Å². The van der Waals surface area contributed by atoms with E-state index in [1.807, 2.05) is 48.5 Å². The lowest BCUT2D eigenvalue weighted by molar-refractivity contribution is -0.141. The smallest absolute Gasteiger partial charge is 0.306 e. The quantitative estimate of drug-likeness (QED) is 0.442. The number of carboxylic acids is 1. The van der Waals surface area contributed by atoms with E-state index < -0.39 is 11.9 Å². The van der Waals surface area contributed by atoms with Gasteiger partial charge in [0.15, 0.2) is 0 Å². The molecule has 0 bridgehead atoms. The number of hydrogen-bond acceptors (Lipinski definition) is 3. The van der Waals surface area contributed by atoms with Gasteiger partial charge in [-0.15, -0.1) is 0 Å². The van der Waals surface area contributed by atoms with Crippen LogP contribution < -0.4 is 9.47 Å². The molecule has 0 saturated carbocycles. The molecule has 0 aromatic heterocycles. The van der Waals surface area contributed by atoms with Crippen LogP contribution in [-0.2, 0) is 24.2 Å². The lowest BCUT2D eigenvalue weighted by atomic mass is 9.95. The van der Waals surface area contributed by atoms with Crippen LogP contribution in [0.1, 0.15) is 37.5 Å². The van der Waals surface area contributed by atoms with Gasteiger partial charge in [-0.05, 0) is 78.9 Å². The summed E-state index contributed by atoms with van der Waals surface area (Å²) in [6, 6.07) is 19.8. The highest BCUT2D eigenvalue weighted by Gasteiger charge is 2.32. The summed E-state index contributed by atoms with van der Waals surface area (Å²) in [5.41, 5.74) is 5.11. The topological polar surface area (TPSA) is 55.8 Å². The minimum absolute atomic E-state index is 0.252. The number of halogens is 1. The first kappa shape index (κ1) is 22.2. The molecule has 1 N–H and O–H groups in total. The van der Waals surface area contributed by atoms with E-state index in [1.165, 1.54) is 5.56 Å². The number of rotatable bonds is 7. The molecule has 4 nitrogen and oxygen atoms in total. The Hall–Kier alpha value is -2.98. The van der Waals surface area contributed by atoms with Crippen LogP contribution in [0.5, 0.6) is 11.5 Å². The van der Waals surface area contributed by atoms with E-state index in [1.54, 1.807) is 6.92 Å². The van der Waals surface area contributed by atoms with Gasteiger partial charge in [0.2, 0.25) is 0 Å². The van der Waals surface area contributed by atoms with Crippen molar-refractivity contribution in [3.05, 3.63) is 82.4 Å². The van der Waals surface area contributed by atoms with Gasteiger partial charge in [0.25, 0.3) is 0 Å². The summed E-state index contributed by atoms with van der Waals surface area (Å²) in [5, 5.41) is 9.81. The molecule has 1 unspecified atom stereocenters. The summed E-state index contributed by atoms with van der Waals surface area (Å²) in [4.78, 5) is 11.1. The number of benzene rings is 3.